The van der Waals surface area contributed by atoms with Crippen molar-refractivity contribution in [2.75, 3.05) is 26.2 Å². The summed E-state index contributed by atoms with van der Waals surface area (Å²) in [6, 6.07) is 0. The molecule has 1 atom stereocenters. The standard InChI is InChI=1S/C15H30N2/c1-13(2)9-15(6-3-4-7-15)12-17-8-5-14(10-16)11-17/h13-14H,3-12,16H2,1-2H3. The fraction of sp³-hybridized carbons (Fsp3) is 1.00. The van der Waals surface area contributed by atoms with Gasteiger partial charge in [-0.3, -0.25) is 0 Å². The van der Waals surface area contributed by atoms with Crippen LogP contribution < -0.4 is 5.73 Å². The normalized spacial score (nSPS) is 29.3. The second kappa shape index (κ2) is 5.71. The number of likely N-dealkylation sites (tertiary alicyclic amines) is 1. The third kappa shape index (κ3) is 3.45. The first-order valence-electron chi connectivity index (χ1n) is 7.56. The smallest absolute Gasteiger partial charge is 0.00382 e. The van der Waals surface area contributed by atoms with Gasteiger partial charge in [0.25, 0.3) is 0 Å². The highest BCUT2D eigenvalue weighted by atomic mass is 15.2. The van der Waals surface area contributed by atoms with Gasteiger partial charge in [0.15, 0.2) is 0 Å². The lowest BCUT2D eigenvalue weighted by Crippen LogP contribution is -2.36. The zero-order chi connectivity index (χ0) is 12.3. The molecule has 1 saturated carbocycles. The monoisotopic (exact) mass is 238 g/mol. The lowest BCUT2D eigenvalue weighted by atomic mass is 9.78. The number of hydrogen-bond acceptors (Lipinski definition) is 2. The molecule has 0 spiro atoms. The van der Waals surface area contributed by atoms with E-state index in [1.165, 1.54) is 58.2 Å². The van der Waals surface area contributed by atoms with Crippen molar-refractivity contribution < 1.29 is 0 Å². The molecule has 0 bridgehead atoms. The molecule has 1 saturated heterocycles. The molecular weight excluding hydrogens is 208 g/mol. The van der Waals surface area contributed by atoms with Crippen LogP contribution in [0.2, 0.25) is 0 Å². The molecule has 100 valence electrons. The van der Waals surface area contributed by atoms with Crippen LogP contribution in [0.25, 0.3) is 0 Å². The second-order valence-electron chi connectivity index (χ2n) is 6.93. The number of nitrogens with two attached hydrogens (primary N) is 1. The maximum absolute atomic E-state index is 5.79. The highest BCUT2D eigenvalue weighted by Gasteiger charge is 2.37. The van der Waals surface area contributed by atoms with Gasteiger partial charge < -0.3 is 10.6 Å². The first kappa shape index (κ1) is 13.4. The number of hydrogen-bond donors (Lipinski definition) is 1. The van der Waals surface area contributed by atoms with E-state index in [0.717, 1.165) is 18.4 Å². The summed E-state index contributed by atoms with van der Waals surface area (Å²) in [4.78, 5) is 2.70. The highest BCUT2D eigenvalue weighted by Crippen LogP contribution is 2.44. The summed E-state index contributed by atoms with van der Waals surface area (Å²) < 4.78 is 0. The zero-order valence-corrected chi connectivity index (χ0v) is 11.8. The number of rotatable bonds is 5. The average Bonchev–Trinajstić information content (AvgIpc) is 2.87. The van der Waals surface area contributed by atoms with Gasteiger partial charge in [0, 0.05) is 13.1 Å². The van der Waals surface area contributed by atoms with Gasteiger partial charge in [-0.15, -0.1) is 0 Å². The van der Waals surface area contributed by atoms with Crippen LogP contribution in [0.1, 0.15) is 52.4 Å². The topological polar surface area (TPSA) is 29.3 Å². The van der Waals surface area contributed by atoms with Gasteiger partial charge in [-0.25, -0.2) is 0 Å². The fourth-order valence-electron chi connectivity index (χ4n) is 4.14. The van der Waals surface area contributed by atoms with Gasteiger partial charge in [-0.2, -0.15) is 0 Å². The highest BCUT2D eigenvalue weighted by molar-refractivity contribution is 4.90. The largest absolute Gasteiger partial charge is 0.330 e. The molecular formula is C15H30N2. The lowest BCUT2D eigenvalue weighted by molar-refractivity contribution is 0.144. The Balaban J connectivity index is 1.89. The van der Waals surface area contributed by atoms with E-state index in [-0.39, 0.29) is 0 Å². The predicted molar refractivity (Wildman–Crippen MR) is 74.0 cm³/mol. The minimum absolute atomic E-state index is 0.650. The van der Waals surface area contributed by atoms with Gasteiger partial charge in [-0.1, -0.05) is 26.7 Å². The summed E-state index contributed by atoms with van der Waals surface area (Å²) in [6.45, 7) is 9.55. The summed E-state index contributed by atoms with van der Waals surface area (Å²) in [5.41, 5.74) is 6.44. The van der Waals surface area contributed by atoms with Crippen molar-refractivity contribution in [1.29, 1.82) is 0 Å². The Labute approximate surface area is 107 Å². The third-order valence-corrected chi connectivity index (χ3v) is 4.77. The molecule has 17 heavy (non-hydrogen) atoms. The molecule has 0 aromatic rings. The van der Waals surface area contributed by atoms with E-state index >= 15 is 0 Å². The van der Waals surface area contributed by atoms with Crippen LogP contribution in [-0.4, -0.2) is 31.1 Å². The van der Waals surface area contributed by atoms with E-state index in [1.807, 2.05) is 0 Å². The summed E-state index contributed by atoms with van der Waals surface area (Å²) in [6.07, 6.45) is 8.61. The molecule has 2 N–H and O–H groups in total. The first-order chi connectivity index (χ1) is 8.13. The first-order valence-corrected chi connectivity index (χ1v) is 7.56. The van der Waals surface area contributed by atoms with Crippen LogP contribution in [0.3, 0.4) is 0 Å². The predicted octanol–water partition coefficient (Wildman–Crippen LogP) is 2.87. The summed E-state index contributed by atoms with van der Waals surface area (Å²) in [5.74, 6) is 1.62. The molecule has 0 radical (unpaired) electrons. The van der Waals surface area contributed by atoms with Crippen molar-refractivity contribution in [1.82, 2.24) is 4.90 Å². The molecule has 2 fully saturated rings. The molecule has 2 heteroatoms. The van der Waals surface area contributed by atoms with Crippen LogP contribution in [0.15, 0.2) is 0 Å². The second-order valence-corrected chi connectivity index (χ2v) is 6.93. The molecule has 2 nitrogen and oxygen atoms in total. The number of nitrogens with zero attached hydrogens (tertiary/aromatic N) is 1. The Morgan fingerprint density at radius 2 is 2.00 bits per heavy atom. The van der Waals surface area contributed by atoms with Crippen molar-refractivity contribution in [3.05, 3.63) is 0 Å². The molecule has 1 aliphatic carbocycles. The summed E-state index contributed by atoms with van der Waals surface area (Å²) >= 11 is 0. The quantitative estimate of drug-likeness (QED) is 0.798. The Hall–Kier alpha value is -0.0800. The molecule has 2 aliphatic rings. The maximum atomic E-state index is 5.79. The zero-order valence-electron chi connectivity index (χ0n) is 11.8. The van der Waals surface area contributed by atoms with E-state index in [1.54, 1.807) is 0 Å². The van der Waals surface area contributed by atoms with Gasteiger partial charge in [0.1, 0.15) is 0 Å². The molecule has 0 aromatic heterocycles. The minimum Gasteiger partial charge on any atom is -0.330 e. The van der Waals surface area contributed by atoms with Crippen LogP contribution in [-0.2, 0) is 0 Å². The minimum atomic E-state index is 0.650. The van der Waals surface area contributed by atoms with Crippen LogP contribution in [0.5, 0.6) is 0 Å². The van der Waals surface area contributed by atoms with Crippen molar-refractivity contribution in [3.63, 3.8) is 0 Å². The molecule has 0 amide bonds. The Morgan fingerprint density at radius 3 is 2.53 bits per heavy atom. The van der Waals surface area contributed by atoms with Gasteiger partial charge in [0.2, 0.25) is 0 Å². The molecule has 0 aromatic carbocycles. The maximum Gasteiger partial charge on any atom is 0.00382 e. The van der Waals surface area contributed by atoms with Crippen LogP contribution in [0.4, 0.5) is 0 Å². The summed E-state index contributed by atoms with van der Waals surface area (Å²) in [7, 11) is 0. The Morgan fingerprint density at radius 1 is 1.29 bits per heavy atom. The van der Waals surface area contributed by atoms with E-state index in [2.05, 4.69) is 18.7 Å². The molecule has 2 rings (SSSR count). The van der Waals surface area contributed by atoms with Gasteiger partial charge in [-0.05, 0) is 56.0 Å². The van der Waals surface area contributed by atoms with Crippen molar-refractivity contribution in [2.24, 2.45) is 23.0 Å². The van der Waals surface area contributed by atoms with E-state index < -0.39 is 0 Å². The lowest BCUT2D eigenvalue weighted by Gasteiger charge is -2.35. The van der Waals surface area contributed by atoms with E-state index in [9.17, 15) is 0 Å². The van der Waals surface area contributed by atoms with Gasteiger partial charge >= 0.3 is 0 Å². The Kier molecular flexibility index (Phi) is 4.48. The van der Waals surface area contributed by atoms with E-state index in [4.69, 9.17) is 5.73 Å². The third-order valence-electron chi connectivity index (χ3n) is 4.77. The van der Waals surface area contributed by atoms with Crippen molar-refractivity contribution in [2.45, 2.75) is 52.4 Å². The Bertz CT molecular complexity index is 231. The van der Waals surface area contributed by atoms with Gasteiger partial charge in [0.05, 0.1) is 0 Å². The van der Waals surface area contributed by atoms with Crippen molar-refractivity contribution in [3.8, 4) is 0 Å². The van der Waals surface area contributed by atoms with E-state index in [0.29, 0.717) is 5.41 Å². The van der Waals surface area contributed by atoms with Crippen molar-refractivity contribution >= 4 is 0 Å². The van der Waals surface area contributed by atoms with Crippen LogP contribution >= 0.6 is 0 Å². The average molecular weight is 238 g/mol. The SMILES string of the molecule is CC(C)CC1(CN2CCC(CN)C2)CCCC1. The molecule has 1 unspecified atom stereocenters. The molecule has 1 heterocycles. The summed E-state index contributed by atoms with van der Waals surface area (Å²) in [5, 5.41) is 0. The van der Waals surface area contributed by atoms with Crippen LogP contribution in [0, 0.1) is 17.3 Å². The molecule has 1 aliphatic heterocycles. The fourth-order valence-corrected chi connectivity index (χ4v) is 4.14.